The van der Waals surface area contributed by atoms with Gasteiger partial charge in [0.15, 0.2) is 0 Å². The predicted molar refractivity (Wildman–Crippen MR) is 62.3 cm³/mol. The van der Waals surface area contributed by atoms with Gasteiger partial charge >= 0.3 is 5.97 Å². The SMILES string of the molecule is CCC1C[C@H](C(=O)NCCCO)[C@H](C(=O)O)C1. The summed E-state index contributed by atoms with van der Waals surface area (Å²) < 4.78 is 0. The van der Waals surface area contributed by atoms with E-state index in [0.717, 1.165) is 6.42 Å². The second kappa shape index (κ2) is 6.59. The van der Waals surface area contributed by atoms with Crippen molar-refractivity contribution < 1.29 is 19.8 Å². The zero-order chi connectivity index (χ0) is 12.8. The van der Waals surface area contributed by atoms with Gasteiger partial charge in [0.05, 0.1) is 11.8 Å². The summed E-state index contributed by atoms with van der Waals surface area (Å²) in [4.78, 5) is 22.9. The monoisotopic (exact) mass is 243 g/mol. The molecule has 17 heavy (non-hydrogen) atoms. The second-order valence-corrected chi connectivity index (χ2v) is 4.67. The van der Waals surface area contributed by atoms with Crippen LogP contribution in [0.1, 0.15) is 32.6 Å². The maximum absolute atomic E-state index is 11.8. The highest BCUT2D eigenvalue weighted by molar-refractivity contribution is 5.85. The van der Waals surface area contributed by atoms with Crippen LogP contribution in [0.3, 0.4) is 0 Å². The molecule has 1 unspecified atom stereocenters. The minimum absolute atomic E-state index is 0.0326. The first kappa shape index (κ1) is 14.0. The Labute approximate surface area is 101 Å². The van der Waals surface area contributed by atoms with E-state index in [1.165, 1.54) is 0 Å². The third-order valence-electron chi connectivity index (χ3n) is 3.53. The number of nitrogens with one attached hydrogen (secondary N) is 1. The van der Waals surface area contributed by atoms with Gasteiger partial charge in [0.25, 0.3) is 0 Å². The number of hydrogen-bond acceptors (Lipinski definition) is 3. The largest absolute Gasteiger partial charge is 0.481 e. The lowest BCUT2D eigenvalue weighted by atomic mass is 9.95. The second-order valence-electron chi connectivity index (χ2n) is 4.67. The number of amides is 1. The number of carboxylic acids is 1. The van der Waals surface area contributed by atoms with Crippen molar-refractivity contribution in [1.29, 1.82) is 0 Å². The highest BCUT2D eigenvalue weighted by Crippen LogP contribution is 2.38. The van der Waals surface area contributed by atoms with E-state index < -0.39 is 17.8 Å². The van der Waals surface area contributed by atoms with Crippen LogP contribution >= 0.6 is 0 Å². The smallest absolute Gasteiger partial charge is 0.307 e. The lowest BCUT2D eigenvalue weighted by molar-refractivity contribution is -0.146. The van der Waals surface area contributed by atoms with E-state index in [-0.39, 0.29) is 12.5 Å². The topological polar surface area (TPSA) is 86.6 Å². The van der Waals surface area contributed by atoms with Crippen molar-refractivity contribution in [3.8, 4) is 0 Å². The van der Waals surface area contributed by atoms with Gasteiger partial charge in [-0.25, -0.2) is 0 Å². The van der Waals surface area contributed by atoms with E-state index in [4.69, 9.17) is 10.2 Å². The molecule has 1 fully saturated rings. The number of aliphatic hydroxyl groups is 1. The van der Waals surface area contributed by atoms with Gasteiger partial charge in [-0.15, -0.1) is 0 Å². The Bertz CT molecular complexity index is 280. The lowest BCUT2D eigenvalue weighted by Gasteiger charge is -2.15. The fourth-order valence-corrected chi connectivity index (χ4v) is 2.46. The van der Waals surface area contributed by atoms with Crippen LogP contribution in [-0.4, -0.2) is 35.2 Å². The number of rotatable bonds is 6. The summed E-state index contributed by atoms with van der Waals surface area (Å²) in [5.74, 6) is -1.67. The van der Waals surface area contributed by atoms with Gasteiger partial charge in [-0.05, 0) is 25.2 Å². The summed E-state index contributed by atoms with van der Waals surface area (Å²) in [7, 11) is 0. The molecule has 1 aliphatic rings. The first-order valence-electron chi connectivity index (χ1n) is 6.21. The van der Waals surface area contributed by atoms with Crippen LogP contribution in [0.5, 0.6) is 0 Å². The molecule has 0 saturated heterocycles. The number of carbonyl (C=O) groups is 2. The maximum atomic E-state index is 11.8. The summed E-state index contributed by atoms with van der Waals surface area (Å²) in [6, 6.07) is 0. The molecule has 0 aromatic heterocycles. The molecule has 1 amide bonds. The van der Waals surface area contributed by atoms with Crippen LogP contribution in [0.2, 0.25) is 0 Å². The van der Waals surface area contributed by atoms with E-state index in [0.29, 0.717) is 31.7 Å². The predicted octanol–water partition coefficient (Wildman–Crippen LogP) is 0.622. The van der Waals surface area contributed by atoms with Gasteiger partial charge in [0.1, 0.15) is 0 Å². The van der Waals surface area contributed by atoms with E-state index in [9.17, 15) is 9.59 Å². The van der Waals surface area contributed by atoms with Crippen LogP contribution < -0.4 is 5.32 Å². The van der Waals surface area contributed by atoms with Crippen LogP contribution in [-0.2, 0) is 9.59 Å². The quantitative estimate of drug-likeness (QED) is 0.597. The average molecular weight is 243 g/mol. The van der Waals surface area contributed by atoms with Crippen LogP contribution in [0.4, 0.5) is 0 Å². The molecular formula is C12H21NO4. The molecule has 0 bridgehead atoms. The third-order valence-corrected chi connectivity index (χ3v) is 3.53. The van der Waals surface area contributed by atoms with Crippen molar-refractivity contribution in [2.75, 3.05) is 13.2 Å². The summed E-state index contributed by atoms with van der Waals surface area (Å²) >= 11 is 0. The van der Waals surface area contributed by atoms with Crippen molar-refractivity contribution in [3.63, 3.8) is 0 Å². The standard InChI is InChI=1S/C12H21NO4/c1-2-8-6-9(10(7-8)12(16)17)11(15)13-4-3-5-14/h8-10,14H,2-7H2,1H3,(H,13,15)(H,16,17)/t8?,9-,10+/m0/s1. The Morgan fingerprint density at radius 1 is 1.29 bits per heavy atom. The highest BCUT2D eigenvalue weighted by Gasteiger charge is 2.41. The number of hydrogen-bond donors (Lipinski definition) is 3. The number of aliphatic hydroxyl groups excluding tert-OH is 1. The summed E-state index contributed by atoms with van der Waals surface area (Å²) in [6.45, 7) is 2.47. The van der Waals surface area contributed by atoms with E-state index >= 15 is 0 Å². The third kappa shape index (κ3) is 3.70. The molecular weight excluding hydrogens is 222 g/mol. The van der Waals surface area contributed by atoms with Crippen molar-refractivity contribution in [1.82, 2.24) is 5.32 Å². The fraction of sp³-hybridized carbons (Fsp3) is 0.833. The molecule has 3 N–H and O–H groups in total. The number of aliphatic carboxylic acids is 1. The first-order chi connectivity index (χ1) is 8.10. The summed E-state index contributed by atoms with van der Waals surface area (Å²) in [5.41, 5.74) is 0. The van der Waals surface area contributed by atoms with Gasteiger partial charge in [-0.1, -0.05) is 13.3 Å². The minimum atomic E-state index is -0.872. The van der Waals surface area contributed by atoms with Gasteiger partial charge in [0, 0.05) is 13.2 Å². The molecule has 0 spiro atoms. The number of carbonyl (C=O) groups excluding carboxylic acids is 1. The normalized spacial score (nSPS) is 28.0. The van der Waals surface area contributed by atoms with E-state index in [1.54, 1.807) is 0 Å². The Kier molecular flexibility index (Phi) is 5.41. The van der Waals surface area contributed by atoms with Gasteiger partial charge < -0.3 is 15.5 Å². The zero-order valence-electron chi connectivity index (χ0n) is 10.2. The van der Waals surface area contributed by atoms with Gasteiger partial charge in [0.2, 0.25) is 5.91 Å². The molecule has 0 aromatic rings. The molecule has 5 nitrogen and oxygen atoms in total. The van der Waals surface area contributed by atoms with Gasteiger partial charge in [-0.2, -0.15) is 0 Å². The Morgan fingerprint density at radius 3 is 2.47 bits per heavy atom. The Hall–Kier alpha value is -1.10. The summed E-state index contributed by atoms with van der Waals surface area (Å²) in [6.07, 6.45) is 2.69. The molecule has 1 aliphatic carbocycles. The molecule has 98 valence electrons. The molecule has 0 radical (unpaired) electrons. The molecule has 0 aliphatic heterocycles. The first-order valence-corrected chi connectivity index (χ1v) is 6.21. The molecule has 5 heteroatoms. The van der Waals surface area contributed by atoms with Gasteiger partial charge in [-0.3, -0.25) is 9.59 Å². The lowest BCUT2D eigenvalue weighted by Crippen LogP contribution is -2.36. The molecule has 3 atom stereocenters. The zero-order valence-corrected chi connectivity index (χ0v) is 10.2. The molecule has 1 rings (SSSR count). The molecule has 0 heterocycles. The van der Waals surface area contributed by atoms with Crippen molar-refractivity contribution in [3.05, 3.63) is 0 Å². The summed E-state index contributed by atoms with van der Waals surface area (Å²) in [5, 5.41) is 20.4. The van der Waals surface area contributed by atoms with Crippen LogP contribution in [0.15, 0.2) is 0 Å². The average Bonchev–Trinajstić information content (AvgIpc) is 2.73. The van der Waals surface area contributed by atoms with E-state index in [1.807, 2.05) is 6.92 Å². The molecule has 1 saturated carbocycles. The van der Waals surface area contributed by atoms with Crippen LogP contribution in [0, 0.1) is 17.8 Å². The fourth-order valence-electron chi connectivity index (χ4n) is 2.46. The highest BCUT2D eigenvalue weighted by atomic mass is 16.4. The molecule has 0 aromatic carbocycles. The maximum Gasteiger partial charge on any atom is 0.307 e. The minimum Gasteiger partial charge on any atom is -0.481 e. The van der Waals surface area contributed by atoms with E-state index in [2.05, 4.69) is 5.32 Å². The van der Waals surface area contributed by atoms with Crippen molar-refractivity contribution >= 4 is 11.9 Å². The number of carboxylic acid groups (broad SMARTS) is 1. The van der Waals surface area contributed by atoms with Crippen LogP contribution in [0.25, 0.3) is 0 Å². The Morgan fingerprint density at radius 2 is 1.94 bits per heavy atom. The Balaban J connectivity index is 2.54. The van der Waals surface area contributed by atoms with Crippen molar-refractivity contribution in [2.24, 2.45) is 17.8 Å². The van der Waals surface area contributed by atoms with Crippen molar-refractivity contribution in [2.45, 2.75) is 32.6 Å².